The molecule has 0 aliphatic carbocycles. The van der Waals surface area contributed by atoms with Crippen LogP contribution in [0.4, 0.5) is 0 Å². The first kappa shape index (κ1) is 7.28. The van der Waals surface area contributed by atoms with Gasteiger partial charge in [-0.25, -0.2) is 0 Å². The van der Waals surface area contributed by atoms with Gasteiger partial charge in [0.25, 0.3) is 0 Å². The molecule has 0 aromatic carbocycles. The van der Waals surface area contributed by atoms with Crippen LogP contribution in [0.3, 0.4) is 0 Å². The molecule has 3 nitrogen and oxygen atoms in total. The predicted molar refractivity (Wildman–Crippen MR) is 39.4 cm³/mol. The first-order chi connectivity index (χ1) is 5.36. The lowest BCUT2D eigenvalue weighted by molar-refractivity contribution is -0.0221. The lowest BCUT2D eigenvalue weighted by atomic mass is 10.0. The Kier molecular flexibility index (Phi) is 1.71. The molecule has 2 aliphatic rings. The van der Waals surface area contributed by atoms with Crippen LogP contribution in [0.1, 0.15) is 0 Å². The van der Waals surface area contributed by atoms with Crippen molar-refractivity contribution >= 4 is 0 Å². The summed E-state index contributed by atoms with van der Waals surface area (Å²) in [5, 5.41) is 0. The van der Waals surface area contributed by atoms with Crippen LogP contribution >= 0.6 is 0 Å². The van der Waals surface area contributed by atoms with Crippen molar-refractivity contribution in [2.24, 2.45) is 0 Å². The molecule has 3 heteroatoms. The quantitative estimate of drug-likeness (QED) is 0.540. The topological polar surface area (TPSA) is 27.7 Å². The second kappa shape index (κ2) is 2.59. The van der Waals surface area contributed by atoms with E-state index in [1.807, 2.05) is 12.2 Å². The summed E-state index contributed by atoms with van der Waals surface area (Å²) in [5.41, 5.74) is 0. The van der Waals surface area contributed by atoms with Crippen molar-refractivity contribution in [2.75, 3.05) is 14.2 Å². The fourth-order valence-electron chi connectivity index (χ4n) is 1.78. The first-order valence-corrected chi connectivity index (χ1v) is 3.76. The van der Waals surface area contributed by atoms with E-state index in [9.17, 15) is 0 Å². The lowest BCUT2D eigenvalue weighted by Crippen LogP contribution is -2.37. The van der Waals surface area contributed by atoms with E-state index in [2.05, 4.69) is 0 Å². The molecular formula is C8H12O3. The van der Waals surface area contributed by atoms with Crippen LogP contribution in [-0.4, -0.2) is 38.6 Å². The Balaban J connectivity index is 2.15. The van der Waals surface area contributed by atoms with Crippen LogP contribution in [0, 0.1) is 0 Å². The third kappa shape index (κ3) is 0.922. The zero-order valence-electron chi connectivity index (χ0n) is 6.69. The second-order valence-corrected chi connectivity index (χ2v) is 2.85. The summed E-state index contributed by atoms with van der Waals surface area (Å²) < 4.78 is 16.0. The average Bonchev–Trinajstić information content (AvgIpc) is 2.60. The van der Waals surface area contributed by atoms with Gasteiger partial charge < -0.3 is 14.2 Å². The highest BCUT2D eigenvalue weighted by molar-refractivity contribution is 5.16. The van der Waals surface area contributed by atoms with Gasteiger partial charge in [0.2, 0.25) is 0 Å². The van der Waals surface area contributed by atoms with E-state index in [4.69, 9.17) is 14.2 Å². The van der Waals surface area contributed by atoms with Crippen LogP contribution in [0.5, 0.6) is 0 Å². The van der Waals surface area contributed by atoms with Gasteiger partial charge in [-0.3, -0.25) is 0 Å². The number of rotatable bonds is 2. The van der Waals surface area contributed by atoms with E-state index < -0.39 is 0 Å². The van der Waals surface area contributed by atoms with Crippen molar-refractivity contribution in [3.8, 4) is 0 Å². The van der Waals surface area contributed by atoms with Crippen molar-refractivity contribution in [1.82, 2.24) is 0 Å². The van der Waals surface area contributed by atoms with Crippen LogP contribution in [-0.2, 0) is 14.2 Å². The van der Waals surface area contributed by atoms with E-state index in [1.54, 1.807) is 14.2 Å². The summed E-state index contributed by atoms with van der Waals surface area (Å²) in [4.78, 5) is 0. The first-order valence-electron chi connectivity index (χ1n) is 3.76. The Hall–Kier alpha value is -0.380. The molecule has 2 heterocycles. The molecule has 2 aliphatic heterocycles. The van der Waals surface area contributed by atoms with Crippen molar-refractivity contribution in [3.63, 3.8) is 0 Å². The van der Waals surface area contributed by atoms with Gasteiger partial charge in [0.15, 0.2) is 0 Å². The molecule has 2 rings (SSSR count). The van der Waals surface area contributed by atoms with E-state index in [1.165, 1.54) is 0 Å². The molecule has 0 spiro atoms. The summed E-state index contributed by atoms with van der Waals surface area (Å²) in [6.45, 7) is 0. The Morgan fingerprint density at radius 2 is 1.45 bits per heavy atom. The SMILES string of the molecule is COC1C2C=CC(O2)C1OC. The van der Waals surface area contributed by atoms with Crippen LogP contribution < -0.4 is 0 Å². The van der Waals surface area contributed by atoms with Gasteiger partial charge in [-0.2, -0.15) is 0 Å². The fourth-order valence-corrected chi connectivity index (χ4v) is 1.78. The molecule has 4 unspecified atom stereocenters. The number of ether oxygens (including phenoxy) is 3. The average molecular weight is 156 g/mol. The van der Waals surface area contributed by atoms with E-state index in [0.29, 0.717) is 0 Å². The molecule has 0 radical (unpaired) electrons. The maximum absolute atomic E-state index is 5.52. The monoisotopic (exact) mass is 156 g/mol. The predicted octanol–water partition coefficient (Wildman–Crippen LogP) is 0.354. The van der Waals surface area contributed by atoms with Gasteiger partial charge in [-0.05, 0) is 0 Å². The maximum atomic E-state index is 5.52. The lowest BCUT2D eigenvalue weighted by Gasteiger charge is -2.21. The van der Waals surface area contributed by atoms with Gasteiger partial charge in [-0.15, -0.1) is 0 Å². The molecule has 0 aromatic rings. The molecule has 0 amide bonds. The highest BCUT2D eigenvalue weighted by Gasteiger charge is 2.46. The van der Waals surface area contributed by atoms with Crippen LogP contribution in [0.15, 0.2) is 12.2 Å². The highest BCUT2D eigenvalue weighted by Crippen LogP contribution is 2.32. The summed E-state index contributed by atoms with van der Waals surface area (Å²) in [7, 11) is 3.38. The van der Waals surface area contributed by atoms with E-state index in [-0.39, 0.29) is 24.4 Å². The zero-order valence-corrected chi connectivity index (χ0v) is 6.69. The summed E-state index contributed by atoms with van der Waals surface area (Å²) in [6.07, 6.45) is 4.44. The van der Waals surface area contributed by atoms with Gasteiger partial charge in [0.1, 0.15) is 24.4 Å². The number of fused-ring (bicyclic) bond motifs is 2. The van der Waals surface area contributed by atoms with Gasteiger partial charge in [0.05, 0.1) is 0 Å². The number of methoxy groups -OCH3 is 2. The van der Waals surface area contributed by atoms with E-state index in [0.717, 1.165) is 0 Å². The van der Waals surface area contributed by atoms with Crippen molar-refractivity contribution in [3.05, 3.63) is 12.2 Å². The van der Waals surface area contributed by atoms with Crippen molar-refractivity contribution in [1.29, 1.82) is 0 Å². The van der Waals surface area contributed by atoms with Gasteiger partial charge >= 0.3 is 0 Å². The summed E-state index contributed by atoms with van der Waals surface area (Å²) in [5.74, 6) is 0. The maximum Gasteiger partial charge on any atom is 0.116 e. The minimum atomic E-state index is 0.0787. The molecule has 0 aromatic heterocycles. The third-order valence-electron chi connectivity index (χ3n) is 2.32. The molecular weight excluding hydrogens is 144 g/mol. The highest BCUT2D eigenvalue weighted by atomic mass is 16.6. The Morgan fingerprint density at radius 1 is 1.00 bits per heavy atom. The molecule has 1 saturated heterocycles. The number of hydrogen-bond acceptors (Lipinski definition) is 3. The zero-order chi connectivity index (χ0) is 7.84. The Bertz CT molecular complexity index is 160. The van der Waals surface area contributed by atoms with Crippen molar-refractivity contribution in [2.45, 2.75) is 24.4 Å². The second-order valence-electron chi connectivity index (χ2n) is 2.85. The summed E-state index contributed by atoms with van der Waals surface area (Å²) in [6, 6.07) is 0. The molecule has 11 heavy (non-hydrogen) atoms. The standard InChI is InChI=1S/C8H12O3/c1-9-7-5-3-4-6(11-5)8(7)10-2/h3-8H,1-2H3. The smallest absolute Gasteiger partial charge is 0.116 e. The van der Waals surface area contributed by atoms with Gasteiger partial charge in [0, 0.05) is 14.2 Å². The minimum absolute atomic E-state index is 0.0787. The molecule has 2 bridgehead atoms. The normalized spacial score (nSPS) is 47.1. The molecule has 4 atom stereocenters. The van der Waals surface area contributed by atoms with Crippen LogP contribution in [0.2, 0.25) is 0 Å². The fraction of sp³-hybridized carbons (Fsp3) is 0.750. The third-order valence-corrected chi connectivity index (χ3v) is 2.32. The summed E-state index contributed by atoms with van der Waals surface area (Å²) >= 11 is 0. The molecule has 62 valence electrons. The Morgan fingerprint density at radius 3 is 1.82 bits per heavy atom. The van der Waals surface area contributed by atoms with Crippen molar-refractivity contribution < 1.29 is 14.2 Å². The van der Waals surface area contributed by atoms with Gasteiger partial charge in [-0.1, -0.05) is 12.2 Å². The Labute approximate surface area is 65.9 Å². The molecule has 0 saturated carbocycles. The van der Waals surface area contributed by atoms with E-state index >= 15 is 0 Å². The molecule has 0 N–H and O–H groups in total. The minimum Gasteiger partial charge on any atom is -0.376 e. The molecule has 1 fully saturated rings. The largest absolute Gasteiger partial charge is 0.376 e. The van der Waals surface area contributed by atoms with Crippen LogP contribution in [0.25, 0.3) is 0 Å². The number of hydrogen-bond donors (Lipinski definition) is 0.